The number of hydrogen-bond acceptors (Lipinski definition) is 2. The van der Waals surface area contributed by atoms with Crippen molar-refractivity contribution in [3.8, 4) is 0 Å². The Bertz CT molecular complexity index is 167. The van der Waals surface area contributed by atoms with E-state index < -0.39 is 0 Å². The Balaban J connectivity index is 2.21. The van der Waals surface area contributed by atoms with Crippen LogP contribution in [0.4, 0.5) is 0 Å². The molecule has 2 saturated heterocycles. The number of fused-ring (bicyclic) bond motifs is 2. The summed E-state index contributed by atoms with van der Waals surface area (Å²) in [5.74, 6) is 0. The number of ether oxygens (including phenoxy) is 1. The van der Waals surface area contributed by atoms with Gasteiger partial charge < -0.3 is 9.53 Å². The third kappa shape index (κ3) is 0.655. The van der Waals surface area contributed by atoms with E-state index in [1.807, 2.05) is 6.92 Å². The summed E-state index contributed by atoms with van der Waals surface area (Å²) < 4.78 is 5.55. The third-order valence-corrected chi connectivity index (χ3v) is 2.78. The fourth-order valence-corrected chi connectivity index (χ4v) is 2.09. The Labute approximate surface area is 60.6 Å². The Morgan fingerprint density at radius 1 is 1.60 bits per heavy atom. The van der Waals surface area contributed by atoms with Crippen LogP contribution in [0.5, 0.6) is 0 Å². The van der Waals surface area contributed by atoms with E-state index in [4.69, 9.17) is 4.74 Å². The van der Waals surface area contributed by atoms with Crippen LogP contribution in [0.15, 0.2) is 0 Å². The number of aldehydes is 1. The minimum atomic E-state index is -0.150. The molecule has 2 nitrogen and oxygen atoms in total. The minimum absolute atomic E-state index is 0.150. The fourth-order valence-electron chi connectivity index (χ4n) is 2.09. The molecule has 0 aromatic carbocycles. The molecule has 0 aromatic heterocycles. The standard InChI is InChI=1S/C8H12O2/c1-8(5-9)4-6-2-3-7(8)10-6/h5-7H,2-4H2,1H3. The molecule has 0 aliphatic carbocycles. The van der Waals surface area contributed by atoms with Crippen LogP contribution in [-0.2, 0) is 9.53 Å². The second-order valence-electron chi connectivity index (χ2n) is 3.65. The van der Waals surface area contributed by atoms with E-state index in [9.17, 15) is 4.79 Å². The maximum Gasteiger partial charge on any atom is 0.128 e. The summed E-state index contributed by atoms with van der Waals surface area (Å²) in [6.45, 7) is 2.00. The summed E-state index contributed by atoms with van der Waals surface area (Å²) in [6, 6.07) is 0. The first kappa shape index (κ1) is 6.35. The molecule has 2 fully saturated rings. The van der Waals surface area contributed by atoms with Gasteiger partial charge >= 0.3 is 0 Å². The highest BCUT2D eigenvalue weighted by Gasteiger charge is 2.49. The van der Waals surface area contributed by atoms with E-state index in [2.05, 4.69) is 0 Å². The van der Waals surface area contributed by atoms with E-state index in [-0.39, 0.29) is 11.5 Å². The van der Waals surface area contributed by atoms with E-state index in [1.54, 1.807) is 0 Å². The molecule has 10 heavy (non-hydrogen) atoms. The number of carbonyl (C=O) groups is 1. The van der Waals surface area contributed by atoms with Crippen LogP contribution in [0.2, 0.25) is 0 Å². The monoisotopic (exact) mass is 140 g/mol. The molecule has 0 N–H and O–H groups in total. The van der Waals surface area contributed by atoms with E-state index in [1.165, 1.54) is 0 Å². The summed E-state index contributed by atoms with van der Waals surface area (Å²) >= 11 is 0. The van der Waals surface area contributed by atoms with Gasteiger partial charge in [-0.15, -0.1) is 0 Å². The molecule has 2 aliphatic rings. The Morgan fingerprint density at radius 3 is 2.70 bits per heavy atom. The largest absolute Gasteiger partial charge is 0.374 e. The summed E-state index contributed by atoms with van der Waals surface area (Å²) in [4.78, 5) is 10.6. The second kappa shape index (κ2) is 1.82. The minimum Gasteiger partial charge on any atom is -0.374 e. The van der Waals surface area contributed by atoms with Gasteiger partial charge in [0, 0.05) is 0 Å². The Morgan fingerprint density at radius 2 is 2.40 bits per heavy atom. The first-order chi connectivity index (χ1) is 4.74. The predicted octanol–water partition coefficient (Wildman–Crippen LogP) is 1.14. The maximum atomic E-state index is 10.6. The molecular formula is C8H12O2. The van der Waals surface area contributed by atoms with Crippen LogP contribution in [0, 0.1) is 5.41 Å². The van der Waals surface area contributed by atoms with Crippen LogP contribution in [0.1, 0.15) is 26.2 Å². The average Bonchev–Trinajstić information content (AvgIpc) is 2.46. The van der Waals surface area contributed by atoms with Gasteiger partial charge in [0.2, 0.25) is 0 Å². The van der Waals surface area contributed by atoms with Gasteiger partial charge in [0.15, 0.2) is 0 Å². The molecule has 2 aliphatic heterocycles. The Hall–Kier alpha value is -0.370. The molecule has 0 spiro atoms. The number of rotatable bonds is 1. The van der Waals surface area contributed by atoms with Crippen molar-refractivity contribution in [3.05, 3.63) is 0 Å². The van der Waals surface area contributed by atoms with Crippen molar-refractivity contribution in [2.45, 2.75) is 38.4 Å². The lowest BCUT2D eigenvalue weighted by atomic mass is 9.77. The summed E-state index contributed by atoms with van der Waals surface area (Å²) in [6.07, 6.45) is 4.88. The molecular weight excluding hydrogens is 128 g/mol. The predicted molar refractivity (Wildman–Crippen MR) is 36.7 cm³/mol. The van der Waals surface area contributed by atoms with Gasteiger partial charge in [0.1, 0.15) is 6.29 Å². The molecule has 0 radical (unpaired) electrons. The molecule has 2 bridgehead atoms. The maximum absolute atomic E-state index is 10.6. The van der Waals surface area contributed by atoms with Gasteiger partial charge in [0.05, 0.1) is 17.6 Å². The normalized spacial score (nSPS) is 51.7. The van der Waals surface area contributed by atoms with Gasteiger partial charge in [-0.2, -0.15) is 0 Å². The lowest BCUT2D eigenvalue weighted by molar-refractivity contribution is -0.117. The third-order valence-electron chi connectivity index (χ3n) is 2.78. The zero-order valence-electron chi connectivity index (χ0n) is 6.17. The Kier molecular flexibility index (Phi) is 1.15. The van der Waals surface area contributed by atoms with Crippen LogP contribution >= 0.6 is 0 Å². The first-order valence-electron chi connectivity index (χ1n) is 3.86. The lowest BCUT2D eigenvalue weighted by Crippen LogP contribution is -2.30. The van der Waals surface area contributed by atoms with Crippen molar-refractivity contribution in [3.63, 3.8) is 0 Å². The molecule has 0 saturated carbocycles. The summed E-state index contributed by atoms with van der Waals surface area (Å²) in [5, 5.41) is 0. The van der Waals surface area contributed by atoms with E-state index in [0.29, 0.717) is 6.10 Å². The highest BCUT2D eigenvalue weighted by Crippen LogP contribution is 2.45. The smallest absolute Gasteiger partial charge is 0.128 e. The van der Waals surface area contributed by atoms with Crippen LogP contribution in [0.25, 0.3) is 0 Å². The van der Waals surface area contributed by atoms with Gasteiger partial charge in [-0.05, 0) is 19.3 Å². The number of carbonyl (C=O) groups excluding carboxylic acids is 1. The number of hydrogen-bond donors (Lipinski definition) is 0. The molecule has 56 valence electrons. The van der Waals surface area contributed by atoms with E-state index in [0.717, 1.165) is 25.5 Å². The second-order valence-corrected chi connectivity index (χ2v) is 3.65. The average molecular weight is 140 g/mol. The lowest BCUT2D eigenvalue weighted by Gasteiger charge is -2.23. The highest BCUT2D eigenvalue weighted by molar-refractivity contribution is 5.61. The fraction of sp³-hybridized carbons (Fsp3) is 0.875. The van der Waals surface area contributed by atoms with Crippen molar-refractivity contribution >= 4 is 6.29 Å². The molecule has 3 unspecified atom stereocenters. The van der Waals surface area contributed by atoms with Crippen molar-refractivity contribution in [1.29, 1.82) is 0 Å². The molecule has 2 heterocycles. The summed E-state index contributed by atoms with van der Waals surface area (Å²) in [7, 11) is 0. The first-order valence-corrected chi connectivity index (χ1v) is 3.86. The summed E-state index contributed by atoms with van der Waals surface area (Å²) in [5.41, 5.74) is -0.150. The van der Waals surface area contributed by atoms with Crippen molar-refractivity contribution in [2.75, 3.05) is 0 Å². The van der Waals surface area contributed by atoms with Crippen LogP contribution < -0.4 is 0 Å². The van der Waals surface area contributed by atoms with E-state index >= 15 is 0 Å². The zero-order chi connectivity index (χ0) is 7.19. The SMILES string of the molecule is CC1(C=O)CC2CCC1O2. The van der Waals surface area contributed by atoms with Gasteiger partial charge in [-0.25, -0.2) is 0 Å². The molecule has 0 amide bonds. The van der Waals surface area contributed by atoms with Crippen molar-refractivity contribution in [2.24, 2.45) is 5.41 Å². The van der Waals surface area contributed by atoms with Crippen molar-refractivity contribution in [1.82, 2.24) is 0 Å². The van der Waals surface area contributed by atoms with Gasteiger partial charge in [-0.3, -0.25) is 0 Å². The van der Waals surface area contributed by atoms with Gasteiger partial charge in [-0.1, -0.05) is 6.92 Å². The molecule has 0 aromatic rings. The van der Waals surface area contributed by atoms with Gasteiger partial charge in [0.25, 0.3) is 0 Å². The van der Waals surface area contributed by atoms with Crippen LogP contribution in [-0.4, -0.2) is 18.5 Å². The molecule has 3 atom stereocenters. The molecule has 2 rings (SSSR count). The highest BCUT2D eigenvalue weighted by atomic mass is 16.5. The quantitative estimate of drug-likeness (QED) is 0.510. The topological polar surface area (TPSA) is 26.3 Å². The van der Waals surface area contributed by atoms with Crippen molar-refractivity contribution < 1.29 is 9.53 Å². The van der Waals surface area contributed by atoms with Crippen LogP contribution in [0.3, 0.4) is 0 Å². The zero-order valence-corrected chi connectivity index (χ0v) is 6.17. The molecule has 2 heteroatoms.